The highest BCUT2D eigenvalue weighted by Gasteiger charge is 2.09. The Bertz CT molecular complexity index is 736. The first-order valence-corrected chi connectivity index (χ1v) is 7.97. The molecule has 0 saturated carbocycles. The van der Waals surface area contributed by atoms with Crippen LogP contribution in [-0.2, 0) is 6.54 Å². The van der Waals surface area contributed by atoms with Crippen molar-refractivity contribution in [2.24, 2.45) is 0 Å². The summed E-state index contributed by atoms with van der Waals surface area (Å²) in [6, 6.07) is 18.3. The van der Waals surface area contributed by atoms with E-state index in [2.05, 4.69) is 24.4 Å². The van der Waals surface area contributed by atoms with Gasteiger partial charge in [0.1, 0.15) is 16.6 Å². The fraction of sp³-hybridized carbons (Fsp3) is 0.167. The highest BCUT2D eigenvalue weighted by molar-refractivity contribution is 7.15. The SMILES string of the molecule is COc1ccc(-c2nc(NCc3ccccc3)c(C)s2)cc1. The number of thiazole rings is 1. The average molecular weight is 310 g/mol. The normalized spacial score (nSPS) is 10.5. The van der Waals surface area contributed by atoms with Crippen molar-refractivity contribution < 1.29 is 4.74 Å². The zero-order valence-corrected chi connectivity index (χ0v) is 13.5. The summed E-state index contributed by atoms with van der Waals surface area (Å²) in [7, 11) is 1.67. The molecular formula is C18H18N2OS. The summed E-state index contributed by atoms with van der Waals surface area (Å²) < 4.78 is 5.19. The first-order valence-electron chi connectivity index (χ1n) is 7.16. The molecule has 0 atom stereocenters. The van der Waals surface area contributed by atoms with E-state index >= 15 is 0 Å². The standard InChI is InChI=1S/C18H18N2OS/c1-13-17(19-12-14-6-4-3-5-7-14)20-18(22-13)15-8-10-16(21-2)11-9-15/h3-11,19H,12H2,1-2H3. The molecular weight excluding hydrogens is 292 g/mol. The van der Waals surface area contributed by atoms with E-state index in [-0.39, 0.29) is 0 Å². The number of anilines is 1. The van der Waals surface area contributed by atoms with Crippen LogP contribution < -0.4 is 10.1 Å². The maximum atomic E-state index is 5.19. The molecule has 0 aliphatic heterocycles. The van der Waals surface area contributed by atoms with Crippen LogP contribution in [0, 0.1) is 6.92 Å². The van der Waals surface area contributed by atoms with Crippen LogP contribution in [0.25, 0.3) is 10.6 Å². The molecule has 112 valence electrons. The maximum Gasteiger partial charge on any atom is 0.140 e. The van der Waals surface area contributed by atoms with E-state index in [1.807, 2.05) is 42.5 Å². The van der Waals surface area contributed by atoms with Gasteiger partial charge in [0.2, 0.25) is 0 Å². The molecule has 0 fully saturated rings. The second-order valence-electron chi connectivity index (χ2n) is 4.99. The first-order chi connectivity index (χ1) is 10.8. The zero-order chi connectivity index (χ0) is 15.4. The molecule has 1 aromatic heterocycles. The third kappa shape index (κ3) is 3.28. The molecule has 0 saturated heterocycles. The highest BCUT2D eigenvalue weighted by Crippen LogP contribution is 2.31. The van der Waals surface area contributed by atoms with Gasteiger partial charge in [0.15, 0.2) is 0 Å². The summed E-state index contributed by atoms with van der Waals surface area (Å²) in [6.07, 6.45) is 0. The number of aryl methyl sites for hydroxylation is 1. The van der Waals surface area contributed by atoms with Gasteiger partial charge in [-0.15, -0.1) is 11.3 Å². The van der Waals surface area contributed by atoms with Crippen LogP contribution in [0.1, 0.15) is 10.4 Å². The Labute approximate surface area is 134 Å². The lowest BCUT2D eigenvalue weighted by molar-refractivity contribution is 0.415. The Morgan fingerprint density at radius 2 is 1.77 bits per heavy atom. The first kappa shape index (κ1) is 14.6. The minimum Gasteiger partial charge on any atom is -0.497 e. The number of benzene rings is 2. The van der Waals surface area contributed by atoms with Crippen LogP contribution in [0.3, 0.4) is 0 Å². The molecule has 4 heteroatoms. The predicted molar refractivity (Wildman–Crippen MR) is 92.6 cm³/mol. The molecule has 0 aliphatic carbocycles. The molecule has 1 heterocycles. The van der Waals surface area contributed by atoms with E-state index in [0.717, 1.165) is 28.7 Å². The number of hydrogen-bond donors (Lipinski definition) is 1. The highest BCUT2D eigenvalue weighted by atomic mass is 32.1. The molecule has 22 heavy (non-hydrogen) atoms. The molecule has 0 unspecified atom stereocenters. The second-order valence-corrected chi connectivity index (χ2v) is 6.19. The van der Waals surface area contributed by atoms with Gasteiger partial charge >= 0.3 is 0 Å². The summed E-state index contributed by atoms with van der Waals surface area (Å²) in [6.45, 7) is 2.88. The third-order valence-electron chi connectivity index (χ3n) is 3.44. The van der Waals surface area contributed by atoms with E-state index in [9.17, 15) is 0 Å². The molecule has 0 bridgehead atoms. The Kier molecular flexibility index (Phi) is 4.39. The van der Waals surface area contributed by atoms with E-state index in [0.29, 0.717) is 0 Å². The summed E-state index contributed by atoms with van der Waals surface area (Å²) in [5.41, 5.74) is 2.36. The van der Waals surface area contributed by atoms with Crippen molar-refractivity contribution in [1.82, 2.24) is 4.98 Å². The lowest BCUT2D eigenvalue weighted by Gasteiger charge is -2.04. The summed E-state index contributed by atoms with van der Waals surface area (Å²) in [4.78, 5) is 5.91. The Balaban J connectivity index is 1.75. The van der Waals surface area contributed by atoms with E-state index in [1.54, 1.807) is 18.4 Å². The van der Waals surface area contributed by atoms with Crippen LogP contribution in [0.5, 0.6) is 5.75 Å². The van der Waals surface area contributed by atoms with Gasteiger partial charge in [0.05, 0.1) is 7.11 Å². The van der Waals surface area contributed by atoms with Crippen molar-refractivity contribution in [3.8, 4) is 16.3 Å². The van der Waals surface area contributed by atoms with Crippen molar-refractivity contribution >= 4 is 17.2 Å². The fourth-order valence-electron chi connectivity index (χ4n) is 2.20. The Morgan fingerprint density at radius 1 is 1.05 bits per heavy atom. The number of hydrogen-bond acceptors (Lipinski definition) is 4. The van der Waals surface area contributed by atoms with Crippen molar-refractivity contribution in [2.45, 2.75) is 13.5 Å². The largest absolute Gasteiger partial charge is 0.497 e. The van der Waals surface area contributed by atoms with Gasteiger partial charge in [-0.25, -0.2) is 4.98 Å². The van der Waals surface area contributed by atoms with Gasteiger partial charge in [-0.05, 0) is 36.8 Å². The molecule has 3 rings (SSSR count). The minimum atomic E-state index is 0.785. The molecule has 0 aliphatic rings. The third-order valence-corrected chi connectivity index (χ3v) is 4.46. The molecule has 0 radical (unpaired) electrons. The fourth-order valence-corrected chi connectivity index (χ4v) is 3.09. The lowest BCUT2D eigenvalue weighted by Crippen LogP contribution is -2.00. The van der Waals surface area contributed by atoms with Crippen molar-refractivity contribution in [3.63, 3.8) is 0 Å². The molecule has 1 N–H and O–H groups in total. The number of methoxy groups -OCH3 is 1. The van der Waals surface area contributed by atoms with Crippen LogP contribution in [-0.4, -0.2) is 12.1 Å². The van der Waals surface area contributed by atoms with E-state index in [4.69, 9.17) is 9.72 Å². The lowest BCUT2D eigenvalue weighted by atomic mass is 10.2. The molecule has 3 aromatic rings. The predicted octanol–water partition coefficient (Wildman–Crippen LogP) is 4.74. The monoisotopic (exact) mass is 310 g/mol. The quantitative estimate of drug-likeness (QED) is 0.739. The molecule has 2 aromatic carbocycles. The van der Waals surface area contributed by atoms with Crippen LogP contribution in [0.15, 0.2) is 54.6 Å². The van der Waals surface area contributed by atoms with Gasteiger partial charge in [-0.3, -0.25) is 0 Å². The van der Waals surface area contributed by atoms with Crippen molar-refractivity contribution in [1.29, 1.82) is 0 Å². The van der Waals surface area contributed by atoms with Crippen molar-refractivity contribution in [3.05, 3.63) is 65.0 Å². The van der Waals surface area contributed by atoms with E-state index in [1.165, 1.54) is 10.4 Å². The second kappa shape index (κ2) is 6.62. The minimum absolute atomic E-state index is 0.785. The maximum absolute atomic E-state index is 5.19. The van der Waals surface area contributed by atoms with E-state index < -0.39 is 0 Å². The number of aromatic nitrogens is 1. The molecule has 0 spiro atoms. The average Bonchev–Trinajstić information content (AvgIpc) is 2.95. The smallest absolute Gasteiger partial charge is 0.140 e. The Morgan fingerprint density at radius 3 is 2.45 bits per heavy atom. The number of ether oxygens (including phenoxy) is 1. The number of nitrogens with one attached hydrogen (secondary N) is 1. The van der Waals surface area contributed by atoms with Crippen LogP contribution >= 0.6 is 11.3 Å². The van der Waals surface area contributed by atoms with Gasteiger partial charge in [0, 0.05) is 17.0 Å². The topological polar surface area (TPSA) is 34.1 Å². The Hall–Kier alpha value is -2.33. The van der Waals surface area contributed by atoms with Gasteiger partial charge in [0.25, 0.3) is 0 Å². The van der Waals surface area contributed by atoms with Gasteiger partial charge in [-0.1, -0.05) is 30.3 Å². The zero-order valence-electron chi connectivity index (χ0n) is 12.7. The van der Waals surface area contributed by atoms with Crippen LogP contribution in [0.2, 0.25) is 0 Å². The van der Waals surface area contributed by atoms with Crippen LogP contribution in [0.4, 0.5) is 5.82 Å². The van der Waals surface area contributed by atoms with Gasteiger partial charge < -0.3 is 10.1 Å². The summed E-state index contributed by atoms with van der Waals surface area (Å²) in [5.74, 6) is 1.82. The van der Waals surface area contributed by atoms with Crippen molar-refractivity contribution in [2.75, 3.05) is 12.4 Å². The summed E-state index contributed by atoms with van der Waals surface area (Å²) >= 11 is 1.70. The van der Waals surface area contributed by atoms with Gasteiger partial charge in [-0.2, -0.15) is 0 Å². The molecule has 0 amide bonds. The summed E-state index contributed by atoms with van der Waals surface area (Å²) in [5, 5.41) is 4.44. The molecule has 3 nitrogen and oxygen atoms in total. The number of nitrogens with zero attached hydrogens (tertiary/aromatic N) is 1. The number of rotatable bonds is 5.